The van der Waals surface area contributed by atoms with E-state index in [4.69, 9.17) is 4.74 Å². The summed E-state index contributed by atoms with van der Waals surface area (Å²) in [5.41, 5.74) is 0.907. The van der Waals surface area contributed by atoms with Crippen molar-refractivity contribution in [1.82, 2.24) is 15.1 Å². The van der Waals surface area contributed by atoms with E-state index in [2.05, 4.69) is 10.4 Å². The van der Waals surface area contributed by atoms with E-state index in [1.165, 1.54) is 11.3 Å². The summed E-state index contributed by atoms with van der Waals surface area (Å²) in [6.45, 7) is 4.31. The molecule has 20 heavy (non-hydrogen) atoms. The van der Waals surface area contributed by atoms with Crippen LogP contribution in [0.3, 0.4) is 0 Å². The second-order valence-electron chi connectivity index (χ2n) is 4.35. The molecule has 0 radical (unpaired) electrons. The fourth-order valence-corrected chi connectivity index (χ4v) is 2.96. The van der Waals surface area contributed by atoms with Gasteiger partial charge in [0.1, 0.15) is 4.83 Å². The molecular weight excluding hydrogens is 278 g/mol. The number of carbonyl (C=O) groups is 2. The molecule has 2 heterocycles. The van der Waals surface area contributed by atoms with Crippen molar-refractivity contribution in [3.8, 4) is 0 Å². The zero-order valence-electron chi connectivity index (χ0n) is 11.7. The number of aryl methyl sites for hydroxylation is 2. The summed E-state index contributed by atoms with van der Waals surface area (Å²) in [5, 5.41) is 8.00. The fourth-order valence-electron chi connectivity index (χ4n) is 1.92. The molecular formula is C13H17N3O3S. The molecule has 1 N–H and O–H groups in total. The van der Waals surface area contributed by atoms with Gasteiger partial charge < -0.3 is 10.1 Å². The molecule has 0 saturated heterocycles. The molecule has 0 aliphatic heterocycles. The molecule has 7 heteroatoms. The molecule has 2 rings (SSSR count). The van der Waals surface area contributed by atoms with E-state index in [9.17, 15) is 9.59 Å². The van der Waals surface area contributed by atoms with Gasteiger partial charge in [0, 0.05) is 19.0 Å². The molecule has 0 spiro atoms. The van der Waals surface area contributed by atoms with Crippen LogP contribution in [0.4, 0.5) is 0 Å². The first-order valence-electron chi connectivity index (χ1n) is 6.40. The van der Waals surface area contributed by atoms with Gasteiger partial charge in [-0.3, -0.25) is 14.3 Å². The average Bonchev–Trinajstić information content (AvgIpc) is 2.93. The van der Waals surface area contributed by atoms with E-state index in [0.717, 1.165) is 15.9 Å². The smallest absolute Gasteiger partial charge is 0.307 e. The number of carbonyl (C=O) groups excluding carboxylic acids is 2. The normalized spacial score (nSPS) is 10.8. The number of ether oxygens (including phenoxy) is 1. The van der Waals surface area contributed by atoms with Crippen molar-refractivity contribution in [1.29, 1.82) is 0 Å². The van der Waals surface area contributed by atoms with Crippen LogP contribution in [0.5, 0.6) is 0 Å². The van der Waals surface area contributed by atoms with Gasteiger partial charge in [-0.25, -0.2) is 0 Å². The largest absolute Gasteiger partial charge is 0.466 e. The molecule has 0 atom stereocenters. The molecule has 1 amide bonds. The molecule has 2 aromatic rings. The van der Waals surface area contributed by atoms with Gasteiger partial charge in [-0.15, -0.1) is 11.3 Å². The zero-order valence-corrected chi connectivity index (χ0v) is 12.5. The van der Waals surface area contributed by atoms with Crippen molar-refractivity contribution >= 4 is 33.4 Å². The third-order valence-electron chi connectivity index (χ3n) is 2.84. The highest BCUT2D eigenvalue weighted by molar-refractivity contribution is 7.20. The Hall–Kier alpha value is -1.89. The number of hydrogen-bond donors (Lipinski definition) is 1. The lowest BCUT2D eigenvalue weighted by molar-refractivity contribution is -0.142. The third kappa shape index (κ3) is 2.98. The summed E-state index contributed by atoms with van der Waals surface area (Å²) in [6.07, 6.45) is 0.186. The van der Waals surface area contributed by atoms with Crippen molar-refractivity contribution in [2.75, 3.05) is 13.2 Å². The Morgan fingerprint density at radius 2 is 2.25 bits per heavy atom. The third-order valence-corrected chi connectivity index (χ3v) is 4.04. The monoisotopic (exact) mass is 295 g/mol. The minimum absolute atomic E-state index is 0.171. The molecule has 0 unspecified atom stereocenters. The van der Waals surface area contributed by atoms with Gasteiger partial charge in [-0.05, 0) is 19.9 Å². The number of hydrogen-bond acceptors (Lipinski definition) is 5. The fraction of sp³-hybridized carbons (Fsp3) is 0.462. The quantitative estimate of drug-likeness (QED) is 0.851. The molecule has 0 bridgehead atoms. The number of fused-ring (bicyclic) bond motifs is 1. The highest BCUT2D eigenvalue weighted by atomic mass is 32.1. The van der Waals surface area contributed by atoms with Gasteiger partial charge >= 0.3 is 5.97 Å². The average molecular weight is 295 g/mol. The molecule has 0 saturated carbocycles. The summed E-state index contributed by atoms with van der Waals surface area (Å²) in [6, 6.07) is 1.84. The van der Waals surface area contributed by atoms with Gasteiger partial charge in [0.15, 0.2) is 0 Å². The topological polar surface area (TPSA) is 73.2 Å². The SMILES string of the molecule is CCOC(=O)CCNC(=O)c1cc2c(C)nn(C)c2s1. The second kappa shape index (κ2) is 6.04. The summed E-state index contributed by atoms with van der Waals surface area (Å²) in [5.74, 6) is -0.473. The maximum atomic E-state index is 12.0. The van der Waals surface area contributed by atoms with Crippen molar-refractivity contribution < 1.29 is 14.3 Å². The van der Waals surface area contributed by atoms with Gasteiger partial charge in [0.05, 0.1) is 23.6 Å². The maximum absolute atomic E-state index is 12.0. The minimum Gasteiger partial charge on any atom is -0.466 e. The second-order valence-corrected chi connectivity index (χ2v) is 5.38. The summed E-state index contributed by atoms with van der Waals surface area (Å²) in [7, 11) is 1.86. The van der Waals surface area contributed by atoms with E-state index in [-0.39, 0.29) is 24.8 Å². The number of amides is 1. The van der Waals surface area contributed by atoms with Crippen LogP contribution in [0.15, 0.2) is 6.07 Å². The summed E-state index contributed by atoms with van der Waals surface area (Å²) in [4.78, 5) is 24.8. The van der Waals surface area contributed by atoms with Crippen LogP contribution in [0, 0.1) is 6.92 Å². The van der Waals surface area contributed by atoms with E-state index in [0.29, 0.717) is 11.5 Å². The lowest BCUT2D eigenvalue weighted by Crippen LogP contribution is -2.25. The lowest BCUT2D eigenvalue weighted by atomic mass is 10.3. The standard InChI is InChI=1S/C13H17N3O3S/c1-4-19-11(17)5-6-14-12(18)10-7-9-8(2)15-16(3)13(9)20-10/h7H,4-6H2,1-3H3,(H,14,18). The van der Waals surface area contributed by atoms with E-state index >= 15 is 0 Å². The van der Waals surface area contributed by atoms with Crippen molar-refractivity contribution in [3.05, 3.63) is 16.6 Å². The first-order valence-corrected chi connectivity index (χ1v) is 7.21. The number of aromatic nitrogens is 2. The molecule has 0 fully saturated rings. The lowest BCUT2D eigenvalue weighted by Gasteiger charge is -2.03. The summed E-state index contributed by atoms with van der Waals surface area (Å²) < 4.78 is 6.57. The number of nitrogens with one attached hydrogen (secondary N) is 1. The molecule has 6 nitrogen and oxygen atoms in total. The minimum atomic E-state index is -0.302. The van der Waals surface area contributed by atoms with Crippen LogP contribution in [0.1, 0.15) is 28.7 Å². The van der Waals surface area contributed by atoms with Crippen molar-refractivity contribution in [3.63, 3.8) is 0 Å². The highest BCUT2D eigenvalue weighted by Gasteiger charge is 2.15. The Labute approximate surface area is 120 Å². The number of nitrogens with zero attached hydrogens (tertiary/aromatic N) is 2. The Morgan fingerprint density at radius 3 is 2.90 bits per heavy atom. The van der Waals surface area contributed by atoms with Gasteiger partial charge in [0.2, 0.25) is 0 Å². The van der Waals surface area contributed by atoms with Crippen LogP contribution in [0.2, 0.25) is 0 Å². The van der Waals surface area contributed by atoms with Crippen molar-refractivity contribution in [2.45, 2.75) is 20.3 Å². The van der Waals surface area contributed by atoms with Gasteiger partial charge in [0.25, 0.3) is 5.91 Å². The number of thiophene rings is 1. The maximum Gasteiger partial charge on any atom is 0.307 e. The Bertz CT molecular complexity index is 610. The molecule has 2 aromatic heterocycles. The van der Waals surface area contributed by atoms with Crippen LogP contribution < -0.4 is 5.32 Å². The van der Waals surface area contributed by atoms with Gasteiger partial charge in [-0.2, -0.15) is 5.10 Å². The van der Waals surface area contributed by atoms with Crippen molar-refractivity contribution in [2.24, 2.45) is 7.05 Å². The Morgan fingerprint density at radius 1 is 1.50 bits per heavy atom. The summed E-state index contributed by atoms with van der Waals surface area (Å²) >= 11 is 1.39. The molecule has 0 aliphatic rings. The molecule has 0 aliphatic carbocycles. The van der Waals surface area contributed by atoms with Crippen LogP contribution in [-0.4, -0.2) is 34.8 Å². The predicted octanol–water partition coefficient (Wildman–Crippen LogP) is 1.63. The Kier molecular flexibility index (Phi) is 4.39. The van der Waals surface area contributed by atoms with Crippen LogP contribution in [-0.2, 0) is 16.6 Å². The van der Waals surface area contributed by atoms with Crippen LogP contribution in [0.25, 0.3) is 10.2 Å². The van der Waals surface area contributed by atoms with Gasteiger partial charge in [-0.1, -0.05) is 0 Å². The highest BCUT2D eigenvalue weighted by Crippen LogP contribution is 2.27. The number of esters is 1. The predicted molar refractivity (Wildman–Crippen MR) is 76.9 cm³/mol. The zero-order chi connectivity index (χ0) is 14.7. The van der Waals surface area contributed by atoms with E-state index in [1.807, 2.05) is 20.0 Å². The number of rotatable bonds is 5. The Balaban J connectivity index is 1.97. The van der Waals surface area contributed by atoms with E-state index < -0.39 is 0 Å². The first-order chi connectivity index (χ1) is 9.52. The van der Waals surface area contributed by atoms with Crippen LogP contribution >= 0.6 is 11.3 Å². The first kappa shape index (κ1) is 14.5. The van der Waals surface area contributed by atoms with E-state index in [1.54, 1.807) is 11.6 Å². The molecule has 108 valence electrons. The molecule has 0 aromatic carbocycles.